The lowest BCUT2D eigenvalue weighted by Gasteiger charge is -2.36. The summed E-state index contributed by atoms with van der Waals surface area (Å²) in [6, 6.07) is 12.6. The molecule has 2 aromatic carbocycles. The lowest BCUT2D eigenvalue weighted by Crippen LogP contribution is -2.53. The van der Waals surface area contributed by atoms with Crippen LogP contribution >= 0.6 is 0 Å². The third-order valence-corrected chi connectivity index (χ3v) is 6.55. The zero-order valence-electron chi connectivity index (χ0n) is 16.8. The maximum atomic E-state index is 13.4. The van der Waals surface area contributed by atoms with Gasteiger partial charge in [0.15, 0.2) is 0 Å². The molecule has 10 heteroatoms. The van der Waals surface area contributed by atoms with Gasteiger partial charge in [-0.1, -0.05) is 36.4 Å². The van der Waals surface area contributed by atoms with Crippen molar-refractivity contribution in [3.63, 3.8) is 0 Å². The summed E-state index contributed by atoms with van der Waals surface area (Å²) in [7, 11) is -4.24. The van der Waals surface area contributed by atoms with Gasteiger partial charge in [-0.25, -0.2) is 8.42 Å². The number of carbonyl (C=O) groups is 1. The summed E-state index contributed by atoms with van der Waals surface area (Å²) >= 11 is 0. The monoisotopic (exact) mass is 446 g/mol. The first kappa shape index (κ1) is 22.6. The average Bonchev–Trinajstić information content (AvgIpc) is 2.78. The third-order valence-electron chi connectivity index (χ3n) is 4.66. The first-order valence-corrected chi connectivity index (χ1v) is 11.1. The van der Waals surface area contributed by atoms with Gasteiger partial charge in [0.2, 0.25) is 10.0 Å². The van der Waals surface area contributed by atoms with E-state index in [-0.39, 0.29) is 30.2 Å². The van der Waals surface area contributed by atoms with E-state index in [2.05, 4.69) is 0 Å². The molecule has 0 N–H and O–H groups in total. The molecule has 0 amide bonds. The van der Waals surface area contributed by atoms with Crippen LogP contribution in [0, 0.1) is 10.1 Å². The molecule has 0 aromatic heterocycles. The summed E-state index contributed by atoms with van der Waals surface area (Å²) in [4.78, 5) is 22.6. The molecule has 0 spiro atoms. The van der Waals surface area contributed by atoms with E-state index in [1.807, 2.05) is 30.3 Å². The van der Waals surface area contributed by atoms with Crippen LogP contribution in [0.25, 0.3) is 0 Å². The molecule has 1 unspecified atom stereocenters. The third kappa shape index (κ3) is 5.16. The Morgan fingerprint density at radius 2 is 1.84 bits per heavy atom. The van der Waals surface area contributed by atoms with Gasteiger partial charge in [-0.15, -0.1) is 0 Å². The zero-order valence-corrected chi connectivity index (χ0v) is 17.6. The van der Waals surface area contributed by atoms with Crippen molar-refractivity contribution in [1.82, 2.24) is 4.31 Å². The second-order valence-corrected chi connectivity index (χ2v) is 8.55. The van der Waals surface area contributed by atoms with Crippen molar-refractivity contribution in [2.45, 2.75) is 37.1 Å². The highest BCUT2D eigenvalue weighted by Gasteiger charge is 2.43. The molecule has 2 atom stereocenters. The second-order valence-electron chi connectivity index (χ2n) is 6.70. The van der Waals surface area contributed by atoms with E-state index in [1.165, 1.54) is 0 Å². The molecule has 9 nitrogen and oxygen atoms in total. The van der Waals surface area contributed by atoms with E-state index in [1.54, 1.807) is 19.1 Å². The lowest BCUT2D eigenvalue weighted by molar-refractivity contribution is -0.384. The summed E-state index contributed by atoms with van der Waals surface area (Å²) < 4.78 is 38.8. The molecule has 31 heavy (non-hydrogen) atoms. The van der Waals surface area contributed by atoms with Crippen LogP contribution in [0.3, 0.4) is 0 Å². The van der Waals surface area contributed by atoms with Crippen LogP contribution < -0.4 is 0 Å². The second kappa shape index (κ2) is 9.82. The number of hydrogen-bond donors (Lipinski definition) is 0. The first-order valence-electron chi connectivity index (χ1n) is 9.61. The Hall–Kier alpha value is -3.08. The number of esters is 1. The normalized spacial score (nSPS) is 19.1. The van der Waals surface area contributed by atoms with Crippen molar-refractivity contribution in [3.05, 3.63) is 82.4 Å². The van der Waals surface area contributed by atoms with E-state index in [0.717, 1.165) is 34.1 Å². The maximum absolute atomic E-state index is 13.4. The number of ether oxygens (including phenoxy) is 2. The van der Waals surface area contributed by atoms with Gasteiger partial charge in [-0.05, 0) is 37.1 Å². The Kier molecular flexibility index (Phi) is 7.16. The SMILES string of the molecule is CCOC(=O)[C@@H]1CC=CC(OCc2ccccc2)N1S(=O)(=O)c1ccc([N+](=O)[O-])cc1. The number of nitro groups is 1. The fourth-order valence-corrected chi connectivity index (χ4v) is 4.81. The molecule has 0 saturated carbocycles. The molecule has 1 aliphatic heterocycles. The topological polar surface area (TPSA) is 116 Å². The minimum absolute atomic E-state index is 0.0972. The highest BCUT2D eigenvalue weighted by Crippen LogP contribution is 2.29. The Labute approximate surface area is 180 Å². The molecular formula is C21H22N2O7S. The van der Waals surface area contributed by atoms with Gasteiger partial charge in [0.05, 0.1) is 23.0 Å². The van der Waals surface area contributed by atoms with Crippen molar-refractivity contribution >= 4 is 21.7 Å². The van der Waals surface area contributed by atoms with E-state index < -0.39 is 33.2 Å². The van der Waals surface area contributed by atoms with Crippen LogP contribution in [0.2, 0.25) is 0 Å². The Bertz CT molecular complexity index is 1050. The fourth-order valence-electron chi connectivity index (χ4n) is 3.18. The minimum atomic E-state index is -4.24. The number of non-ortho nitro benzene ring substituents is 1. The molecule has 1 heterocycles. The molecule has 0 bridgehead atoms. The Balaban J connectivity index is 1.95. The van der Waals surface area contributed by atoms with Gasteiger partial charge in [0.25, 0.3) is 5.69 Å². The van der Waals surface area contributed by atoms with Gasteiger partial charge < -0.3 is 9.47 Å². The first-order chi connectivity index (χ1) is 14.8. The highest BCUT2D eigenvalue weighted by molar-refractivity contribution is 7.89. The van der Waals surface area contributed by atoms with Crippen LogP contribution in [0.5, 0.6) is 0 Å². The van der Waals surface area contributed by atoms with Gasteiger partial charge in [-0.3, -0.25) is 14.9 Å². The zero-order chi connectivity index (χ0) is 22.4. The minimum Gasteiger partial charge on any atom is -0.465 e. The van der Waals surface area contributed by atoms with Crippen LogP contribution in [-0.2, 0) is 30.9 Å². The summed E-state index contributed by atoms with van der Waals surface area (Å²) in [6.07, 6.45) is 2.32. The largest absolute Gasteiger partial charge is 0.465 e. The van der Waals surface area contributed by atoms with E-state index >= 15 is 0 Å². The predicted molar refractivity (Wildman–Crippen MR) is 111 cm³/mol. The molecule has 164 valence electrons. The standard InChI is InChI=1S/C21H22N2O7S/c1-2-29-21(24)19-9-6-10-20(30-15-16-7-4-3-5-8-16)22(19)31(27,28)18-13-11-17(12-14-18)23(25)26/h3-8,10-14,19-20H,2,9,15H2,1H3/t19-,20?/m0/s1. The predicted octanol–water partition coefficient (Wildman–Crippen LogP) is 3.02. The molecule has 3 rings (SSSR count). The number of carbonyl (C=O) groups excluding carboxylic acids is 1. The molecule has 0 saturated heterocycles. The lowest BCUT2D eigenvalue weighted by atomic mass is 10.1. The average molecular weight is 446 g/mol. The van der Waals surface area contributed by atoms with Gasteiger partial charge in [-0.2, -0.15) is 4.31 Å². The molecule has 1 aliphatic rings. The quantitative estimate of drug-likeness (QED) is 0.265. The molecule has 2 aromatic rings. The highest BCUT2D eigenvalue weighted by atomic mass is 32.2. The number of hydrogen-bond acceptors (Lipinski definition) is 7. The number of benzene rings is 2. The van der Waals surface area contributed by atoms with E-state index in [9.17, 15) is 23.3 Å². The van der Waals surface area contributed by atoms with Gasteiger partial charge >= 0.3 is 5.97 Å². The Morgan fingerprint density at radius 1 is 1.16 bits per heavy atom. The van der Waals surface area contributed by atoms with Crippen molar-refractivity contribution in [2.75, 3.05) is 6.61 Å². The van der Waals surface area contributed by atoms with Crippen LogP contribution in [0.15, 0.2) is 71.6 Å². The summed E-state index contributed by atoms with van der Waals surface area (Å²) in [5.41, 5.74) is 0.596. The Morgan fingerprint density at radius 3 is 2.45 bits per heavy atom. The number of nitrogens with zero attached hydrogens (tertiary/aromatic N) is 2. The molecule has 0 radical (unpaired) electrons. The van der Waals surface area contributed by atoms with Gasteiger partial charge in [0.1, 0.15) is 12.3 Å². The summed E-state index contributed by atoms with van der Waals surface area (Å²) in [6.45, 7) is 1.85. The van der Waals surface area contributed by atoms with Crippen LogP contribution in [-0.4, -0.2) is 42.5 Å². The van der Waals surface area contributed by atoms with Crippen LogP contribution in [0.1, 0.15) is 18.9 Å². The van der Waals surface area contributed by atoms with Crippen molar-refractivity contribution < 1.29 is 27.6 Å². The smallest absolute Gasteiger partial charge is 0.324 e. The molecule has 0 fully saturated rings. The number of rotatable bonds is 8. The van der Waals surface area contributed by atoms with Crippen LogP contribution in [0.4, 0.5) is 5.69 Å². The maximum Gasteiger partial charge on any atom is 0.324 e. The van der Waals surface area contributed by atoms with E-state index in [4.69, 9.17) is 9.47 Å². The fraction of sp³-hybridized carbons (Fsp3) is 0.286. The van der Waals surface area contributed by atoms with Gasteiger partial charge in [0, 0.05) is 12.1 Å². The van der Waals surface area contributed by atoms with Crippen molar-refractivity contribution in [2.24, 2.45) is 0 Å². The summed E-state index contributed by atoms with van der Waals surface area (Å²) in [5.74, 6) is -0.689. The number of sulfonamides is 1. The van der Waals surface area contributed by atoms with Crippen molar-refractivity contribution in [1.29, 1.82) is 0 Å². The summed E-state index contributed by atoms with van der Waals surface area (Å²) in [5, 5.41) is 10.9. The van der Waals surface area contributed by atoms with E-state index in [0.29, 0.717) is 0 Å². The molecular weight excluding hydrogens is 424 g/mol. The van der Waals surface area contributed by atoms with Crippen molar-refractivity contribution in [3.8, 4) is 0 Å². The molecule has 0 aliphatic carbocycles. The number of nitro benzene ring substituents is 1.